The molecule has 0 saturated heterocycles. The van der Waals surface area contributed by atoms with E-state index in [1.165, 1.54) is 6.08 Å². The Hall–Kier alpha value is -2.97. The van der Waals surface area contributed by atoms with E-state index < -0.39 is 24.1 Å². The minimum atomic E-state index is -1.09. The summed E-state index contributed by atoms with van der Waals surface area (Å²) in [5.41, 5.74) is 1.15. The molecule has 0 aromatic heterocycles. The number of hydrogen-bond acceptors (Lipinski definition) is 6. The van der Waals surface area contributed by atoms with Crippen LogP contribution in [0, 0.1) is 5.92 Å². The van der Waals surface area contributed by atoms with Crippen LogP contribution in [-0.2, 0) is 9.53 Å². The summed E-state index contributed by atoms with van der Waals surface area (Å²) in [5, 5.41) is 20.7. The van der Waals surface area contributed by atoms with Crippen LogP contribution in [-0.4, -0.2) is 41.7 Å². The molecule has 0 saturated carbocycles. The van der Waals surface area contributed by atoms with Crippen molar-refractivity contribution in [1.29, 1.82) is 0 Å². The van der Waals surface area contributed by atoms with E-state index in [1.54, 1.807) is 55.1 Å². The molecule has 3 N–H and O–H groups in total. The van der Waals surface area contributed by atoms with Crippen LogP contribution >= 0.6 is 11.8 Å². The number of amides is 1. The molecule has 2 aromatic carbocycles. The maximum atomic E-state index is 12.6. The van der Waals surface area contributed by atoms with Gasteiger partial charge in [-0.25, -0.2) is 9.59 Å². The molecule has 0 aliphatic carbocycles. The molecular weight excluding hydrogens is 406 g/mol. The van der Waals surface area contributed by atoms with Crippen molar-refractivity contribution in [2.45, 2.75) is 17.9 Å². The lowest BCUT2D eigenvalue weighted by atomic mass is 9.96. The Morgan fingerprint density at radius 3 is 2.50 bits per heavy atom. The molecule has 0 aliphatic heterocycles. The first kappa shape index (κ1) is 23.3. The summed E-state index contributed by atoms with van der Waals surface area (Å²) in [6, 6.07) is 14.3. The van der Waals surface area contributed by atoms with Gasteiger partial charge in [-0.1, -0.05) is 31.2 Å². The lowest BCUT2D eigenvalue weighted by Crippen LogP contribution is -2.22. The Morgan fingerprint density at radius 2 is 1.87 bits per heavy atom. The van der Waals surface area contributed by atoms with Crippen molar-refractivity contribution >= 4 is 29.5 Å². The summed E-state index contributed by atoms with van der Waals surface area (Å²) >= 11 is 1.59. The number of aliphatic hydroxyl groups excluding tert-OH is 1. The van der Waals surface area contributed by atoms with Crippen molar-refractivity contribution in [2.75, 3.05) is 24.8 Å². The number of aliphatic hydroxyl groups is 1. The van der Waals surface area contributed by atoms with Crippen LogP contribution in [0.5, 0.6) is 5.75 Å². The molecule has 0 radical (unpaired) electrons. The van der Waals surface area contributed by atoms with Crippen LogP contribution < -0.4 is 10.1 Å². The highest BCUT2D eigenvalue weighted by atomic mass is 32.2. The van der Waals surface area contributed by atoms with Crippen LogP contribution in [0.25, 0.3) is 0 Å². The van der Waals surface area contributed by atoms with Crippen LogP contribution in [0.15, 0.2) is 65.6 Å². The van der Waals surface area contributed by atoms with Crippen LogP contribution in [0.2, 0.25) is 0 Å². The number of para-hydroxylation sites is 1. The van der Waals surface area contributed by atoms with Gasteiger partial charge in [0.05, 0.1) is 6.61 Å². The smallest absolute Gasteiger partial charge is 0.412 e. The largest absolute Gasteiger partial charge is 0.491 e. The molecule has 0 spiro atoms. The third-order valence-corrected chi connectivity index (χ3v) is 4.91. The molecule has 0 bridgehead atoms. The number of rotatable bonds is 10. The van der Waals surface area contributed by atoms with Gasteiger partial charge in [0.25, 0.3) is 0 Å². The average molecular weight is 432 g/mol. The number of benzene rings is 2. The van der Waals surface area contributed by atoms with Gasteiger partial charge in [0.1, 0.15) is 18.5 Å². The number of thioether (sulfide) groups is 1. The van der Waals surface area contributed by atoms with E-state index in [2.05, 4.69) is 5.32 Å². The van der Waals surface area contributed by atoms with Crippen LogP contribution in [0.3, 0.4) is 0 Å². The quantitative estimate of drug-likeness (QED) is 0.379. The minimum absolute atomic E-state index is 0.0804. The Balaban J connectivity index is 2.25. The highest BCUT2D eigenvalue weighted by Crippen LogP contribution is 2.34. The van der Waals surface area contributed by atoms with E-state index in [0.717, 1.165) is 11.0 Å². The highest BCUT2D eigenvalue weighted by Gasteiger charge is 2.25. The second-order valence-electron chi connectivity index (χ2n) is 6.35. The zero-order chi connectivity index (χ0) is 21.9. The van der Waals surface area contributed by atoms with Gasteiger partial charge in [-0.3, -0.25) is 5.32 Å². The molecular formula is C22H25NO6S. The fourth-order valence-corrected chi connectivity index (χ4v) is 3.14. The average Bonchev–Trinajstić information content (AvgIpc) is 2.75. The molecule has 0 heterocycles. The molecule has 0 fully saturated rings. The fraction of sp³-hybridized carbons (Fsp3) is 0.273. The Kier molecular flexibility index (Phi) is 9.24. The van der Waals surface area contributed by atoms with Crippen molar-refractivity contribution < 1.29 is 29.3 Å². The zero-order valence-corrected chi connectivity index (χ0v) is 17.6. The summed E-state index contributed by atoms with van der Waals surface area (Å²) in [7, 11) is 0. The van der Waals surface area contributed by atoms with Gasteiger partial charge < -0.3 is 19.7 Å². The molecule has 30 heavy (non-hydrogen) atoms. The molecule has 7 nitrogen and oxygen atoms in total. The van der Waals surface area contributed by atoms with Gasteiger partial charge >= 0.3 is 12.1 Å². The standard InChI is InChI=1S/C22H25NO6S/c1-15(7-12-20(25)26)21(18-5-3-4-6-19(18)28-14-13-24)29-22(27)23-16-8-10-17(30-2)11-9-16/h3-12,15,21,24H,13-14H2,1-2H3,(H,23,27)(H,25,26)/b12-7+/t15-,21+/m1/s1. The normalized spacial score (nSPS) is 12.9. The van der Waals surface area contributed by atoms with Gasteiger partial charge in [0, 0.05) is 28.1 Å². The summed E-state index contributed by atoms with van der Waals surface area (Å²) in [5.74, 6) is -1.10. The first-order chi connectivity index (χ1) is 14.4. The van der Waals surface area contributed by atoms with Crippen molar-refractivity contribution in [3.05, 3.63) is 66.2 Å². The summed E-state index contributed by atoms with van der Waals surface area (Å²) in [4.78, 5) is 24.5. The third-order valence-electron chi connectivity index (χ3n) is 4.16. The number of ether oxygens (including phenoxy) is 2. The predicted molar refractivity (Wildman–Crippen MR) is 116 cm³/mol. The second-order valence-corrected chi connectivity index (χ2v) is 7.23. The topological polar surface area (TPSA) is 105 Å². The number of aliphatic carboxylic acids is 1. The van der Waals surface area contributed by atoms with Gasteiger partial charge in [0.2, 0.25) is 0 Å². The summed E-state index contributed by atoms with van der Waals surface area (Å²) in [6.45, 7) is 1.66. The predicted octanol–water partition coefficient (Wildman–Crippen LogP) is 4.35. The van der Waals surface area contributed by atoms with E-state index in [9.17, 15) is 9.59 Å². The first-order valence-electron chi connectivity index (χ1n) is 9.30. The second kappa shape index (κ2) is 11.9. The first-order valence-corrected chi connectivity index (χ1v) is 10.5. The van der Waals surface area contributed by atoms with Crippen LogP contribution in [0.1, 0.15) is 18.6 Å². The van der Waals surface area contributed by atoms with Gasteiger partial charge in [-0.15, -0.1) is 11.8 Å². The Labute approximate surface area is 179 Å². The molecule has 0 unspecified atom stereocenters. The highest BCUT2D eigenvalue weighted by molar-refractivity contribution is 7.98. The molecule has 0 aliphatic rings. The molecule has 2 rings (SSSR count). The van der Waals surface area contributed by atoms with Gasteiger partial charge in [-0.05, 0) is 36.6 Å². The van der Waals surface area contributed by atoms with Crippen molar-refractivity contribution in [1.82, 2.24) is 0 Å². The van der Waals surface area contributed by atoms with E-state index >= 15 is 0 Å². The molecule has 1 amide bonds. The van der Waals surface area contributed by atoms with Gasteiger partial charge in [-0.2, -0.15) is 0 Å². The number of carboxylic acid groups (broad SMARTS) is 1. The van der Waals surface area contributed by atoms with E-state index in [4.69, 9.17) is 19.7 Å². The Bertz CT molecular complexity index is 868. The lowest BCUT2D eigenvalue weighted by Gasteiger charge is -2.24. The van der Waals surface area contributed by atoms with E-state index in [1.807, 2.05) is 18.4 Å². The van der Waals surface area contributed by atoms with E-state index in [0.29, 0.717) is 17.0 Å². The third kappa shape index (κ3) is 7.13. The molecule has 2 atom stereocenters. The molecule has 2 aromatic rings. The number of carbonyl (C=O) groups excluding carboxylic acids is 1. The molecule has 160 valence electrons. The number of hydrogen-bond donors (Lipinski definition) is 3. The monoisotopic (exact) mass is 431 g/mol. The molecule has 8 heteroatoms. The maximum Gasteiger partial charge on any atom is 0.412 e. The van der Waals surface area contributed by atoms with Crippen molar-refractivity contribution in [3.8, 4) is 5.75 Å². The van der Waals surface area contributed by atoms with Gasteiger partial charge in [0.15, 0.2) is 0 Å². The summed E-state index contributed by atoms with van der Waals surface area (Å²) in [6.07, 6.45) is 2.95. The number of carboxylic acids is 1. The minimum Gasteiger partial charge on any atom is -0.491 e. The van der Waals surface area contributed by atoms with Crippen molar-refractivity contribution in [3.63, 3.8) is 0 Å². The number of anilines is 1. The van der Waals surface area contributed by atoms with E-state index in [-0.39, 0.29) is 13.2 Å². The van der Waals surface area contributed by atoms with Crippen molar-refractivity contribution in [2.24, 2.45) is 5.92 Å². The number of carbonyl (C=O) groups is 2. The maximum absolute atomic E-state index is 12.6. The fourth-order valence-electron chi connectivity index (χ4n) is 2.73. The van der Waals surface area contributed by atoms with Crippen LogP contribution in [0.4, 0.5) is 10.5 Å². The summed E-state index contributed by atoms with van der Waals surface area (Å²) < 4.78 is 11.2. The lowest BCUT2D eigenvalue weighted by molar-refractivity contribution is -0.131. The SMILES string of the molecule is CSc1ccc(NC(=O)O[C@H](c2ccccc2OCCO)[C@H](C)/C=C/C(=O)O)cc1. The zero-order valence-electron chi connectivity index (χ0n) is 16.8. The number of nitrogens with one attached hydrogen (secondary N) is 1. The Morgan fingerprint density at radius 1 is 1.17 bits per heavy atom.